The summed E-state index contributed by atoms with van der Waals surface area (Å²) in [5.41, 5.74) is 1.09. The molecular formula is C16H25NO3. The maximum absolute atomic E-state index is 11.8. The fourth-order valence-electron chi connectivity index (χ4n) is 1.72. The molecule has 4 heteroatoms. The van der Waals surface area contributed by atoms with Crippen molar-refractivity contribution in [2.24, 2.45) is 5.41 Å². The van der Waals surface area contributed by atoms with Crippen LogP contribution in [0.3, 0.4) is 0 Å². The first-order chi connectivity index (χ1) is 9.42. The van der Waals surface area contributed by atoms with Gasteiger partial charge in [0.1, 0.15) is 12.4 Å². The first-order valence-electron chi connectivity index (χ1n) is 7.00. The summed E-state index contributed by atoms with van der Waals surface area (Å²) in [4.78, 5) is 11.8. The number of para-hydroxylation sites is 1. The van der Waals surface area contributed by atoms with Gasteiger partial charge in [0.25, 0.3) is 0 Å². The number of hydrogen-bond acceptors (Lipinski definition) is 3. The number of benzene rings is 1. The second-order valence-corrected chi connectivity index (χ2v) is 6.02. The number of amides is 1. The Balaban J connectivity index is 2.46. The van der Waals surface area contributed by atoms with Gasteiger partial charge in [0.05, 0.1) is 6.61 Å². The normalized spacial score (nSPS) is 11.2. The van der Waals surface area contributed by atoms with Crippen LogP contribution in [0.15, 0.2) is 24.3 Å². The second-order valence-electron chi connectivity index (χ2n) is 6.02. The van der Waals surface area contributed by atoms with E-state index in [9.17, 15) is 4.79 Å². The van der Waals surface area contributed by atoms with Crippen molar-refractivity contribution >= 4 is 5.91 Å². The molecule has 0 fully saturated rings. The van der Waals surface area contributed by atoms with Gasteiger partial charge in [-0.15, -0.1) is 0 Å². The highest BCUT2D eigenvalue weighted by atomic mass is 16.5. The first-order valence-corrected chi connectivity index (χ1v) is 7.00. The van der Waals surface area contributed by atoms with E-state index in [1.165, 1.54) is 0 Å². The Morgan fingerprint density at radius 2 is 2.00 bits per heavy atom. The van der Waals surface area contributed by atoms with Crippen molar-refractivity contribution in [1.82, 2.24) is 5.32 Å². The zero-order valence-electron chi connectivity index (χ0n) is 12.6. The van der Waals surface area contributed by atoms with Gasteiger partial charge in [0, 0.05) is 18.5 Å². The predicted molar refractivity (Wildman–Crippen MR) is 79.6 cm³/mol. The fraction of sp³-hybridized carbons (Fsp3) is 0.562. The minimum Gasteiger partial charge on any atom is -0.491 e. The quantitative estimate of drug-likeness (QED) is 0.806. The maximum Gasteiger partial charge on any atom is 0.220 e. The second kappa shape index (κ2) is 7.90. The molecular weight excluding hydrogens is 254 g/mol. The largest absolute Gasteiger partial charge is 0.491 e. The monoisotopic (exact) mass is 279 g/mol. The van der Waals surface area contributed by atoms with E-state index in [4.69, 9.17) is 9.84 Å². The molecule has 0 radical (unpaired) electrons. The van der Waals surface area contributed by atoms with Crippen LogP contribution < -0.4 is 10.1 Å². The van der Waals surface area contributed by atoms with Crippen molar-refractivity contribution in [2.45, 2.75) is 40.2 Å². The zero-order valence-corrected chi connectivity index (χ0v) is 12.6. The van der Waals surface area contributed by atoms with Crippen molar-refractivity contribution < 1.29 is 14.6 Å². The molecule has 2 N–H and O–H groups in total. The van der Waals surface area contributed by atoms with E-state index in [1.54, 1.807) is 0 Å². The summed E-state index contributed by atoms with van der Waals surface area (Å²) >= 11 is 0. The average molecular weight is 279 g/mol. The highest BCUT2D eigenvalue weighted by molar-refractivity contribution is 5.75. The van der Waals surface area contributed by atoms with Gasteiger partial charge in [-0.1, -0.05) is 39.0 Å². The van der Waals surface area contributed by atoms with Crippen LogP contribution in [0, 0.1) is 5.41 Å². The van der Waals surface area contributed by atoms with Crippen LogP contribution in [-0.4, -0.2) is 24.2 Å². The fourth-order valence-corrected chi connectivity index (χ4v) is 1.72. The van der Waals surface area contributed by atoms with E-state index >= 15 is 0 Å². The number of nitrogens with one attached hydrogen (secondary N) is 1. The third-order valence-electron chi connectivity index (χ3n) is 2.90. The van der Waals surface area contributed by atoms with Crippen molar-refractivity contribution in [3.8, 4) is 5.75 Å². The standard InChI is InChI=1S/C16H25NO3/c1-16(2,3)9-8-15(19)17-12-13-6-4-5-7-14(13)20-11-10-18/h4-7,18H,8-12H2,1-3H3,(H,17,19). The lowest BCUT2D eigenvalue weighted by Crippen LogP contribution is -2.24. The van der Waals surface area contributed by atoms with Gasteiger partial charge in [0.15, 0.2) is 0 Å². The lowest BCUT2D eigenvalue weighted by Gasteiger charge is -2.17. The predicted octanol–water partition coefficient (Wildman–Crippen LogP) is 2.50. The molecule has 1 aromatic carbocycles. The third-order valence-corrected chi connectivity index (χ3v) is 2.90. The smallest absolute Gasteiger partial charge is 0.220 e. The molecule has 0 unspecified atom stereocenters. The molecule has 0 atom stereocenters. The number of ether oxygens (including phenoxy) is 1. The summed E-state index contributed by atoms with van der Waals surface area (Å²) in [7, 11) is 0. The van der Waals surface area contributed by atoms with Crippen LogP contribution in [0.2, 0.25) is 0 Å². The van der Waals surface area contributed by atoms with Crippen molar-refractivity contribution in [3.05, 3.63) is 29.8 Å². The van der Waals surface area contributed by atoms with Gasteiger partial charge < -0.3 is 15.2 Å². The van der Waals surface area contributed by atoms with Crippen LogP contribution >= 0.6 is 0 Å². The van der Waals surface area contributed by atoms with E-state index in [2.05, 4.69) is 26.1 Å². The highest BCUT2D eigenvalue weighted by Gasteiger charge is 2.13. The average Bonchev–Trinajstić information content (AvgIpc) is 2.40. The summed E-state index contributed by atoms with van der Waals surface area (Å²) < 4.78 is 5.43. The molecule has 20 heavy (non-hydrogen) atoms. The Labute approximate surface area is 121 Å². The number of rotatable bonds is 7. The lowest BCUT2D eigenvalue weighted by molar-refractivity contribution is -0.121. The van der Waals surface area contributed by atoms with E-state index in [0.29, 0.717) is 18.7 Å². The molecule has 1 amide bonds. The summed E-state index contributed by atoms with van der Waals surface area (Å²) in [6.45, 7) is 7.06. The topological polar surface area (TPSA) is 58.6 Å². The van der Waals surface area contributed by atoms with Gasteiger partial charge in [-0.25, -0.2) is 0 Å². The van der Waals surface area contributed by atoms with Crippen molar-refractivity contribution in [2.75, 3.05) is 13.2 Å². The molecule has 1 rings (SSSR count). The van der Waals surface area contributed by atoms with E-state index < -0.39 is 0 Å². The van der Waals surface area contributed by atoms with Gasteiger partial charge >= 0.3 is 0 Å². The van der Waals surface area contributed by atoms with E-state index in [0.717, 1.165) is 12.0 Å². The molecule has 0 aliphatic rings. The first kappa shape index (κ1) is 16.5. The van der Waals surface area contributed by atoms with E-state index in [1.807, 2.05) is 24.3 Å². The number of carbonyl (C=O) groups excluding carboxylic acids is 1. The summed E-state index contributed by atoms with van der Waals surface area (Å²) in [5, 5.41) is 11.7. The Morgan fingerprint density at radius 3 is 2.65 bits per heavy atom. The molecule has 0 aliphatic heterocycles. The maximum atomic E-state index is 11.8. The van der Waals surface area contributed by atoms with Crippen LogP contribution in [0.25, 0.3) is 0 Å². The van der Waals surface area contributed by atoms with Gasteiger partial charge in [0.2, 0.25) is 5.91 Å². The Morgan fingerprint density at radius 1 is 1.30 bits per heavy atom. The van der Waals surface area contributed by atoms with Gasteiger partial charge in [-0.2, -0.15) is 0 Å². The molecule has 1 aromatic rings. The number of hydrogen-bond donors (Lipinski definition) is 2. The van der Waals surface area contributed by atoms with E-state index in [-0.39, 0.29) is 24.5 Å². The molecule has 4 nitrogen and oxygen atoms in total. The molecule has 0 heterocycles. The number of carbonyl (C=O) groups is 1. The number of aliphatic hydroxyl groups is 1. The molecule has 112 valence electrons. The van der Waals surface area contributed by atoms with Crippen LogP contribution in [-0.2, 0) is 11.3 Å². The lowest BCUT2D eigenvalue weighted by atomic mass is 9.90. The Hall–Kier alpha value is -1.55. The Kier molecular flexibility index (Phi) is 6.52. The summed E-state index contributed by atoms with van der Waals surface area (Å²) in [6, 6.07) is 7.53. The Bertz CT molecular complexity index is 424. The molecule has 0 aliphatic carbocycles. The van der Waals surface area contributed by atoms with Gasteiger partial charge in [-0.3, -0.25) is 4.79 Å². The highest BCUT2D eigenvalue weighted by Crippen LogP contribution is 2.21. The number of aliphatic hydroxyl groups excluding tert-OH is 1. The molecule has 0 saturated carbocycles. The molecule has 0 spiro atoms. The summed E-state index contributed by atoms with van der Waals surface area (Å²) in [6.07, 6.45) is 1.39. The van der Waals surface area contributed by atoms with Gasteiger partial charge in [-0.05, 0) is 17.9 Å². The minimum absolute atomic E-state index is 0.0216. The van der Waals surface area contributed by atoms with Crippen LogP contribution in [0.1, 0.15) is 39.2 Å². The third kappa shape index (κ3) is 6.57. The molecule has 0 saturated heterocycles. The molecule has 0 aromatic heterocycles. The van der Waals surface area contributed by atoms with Crippen LogP contribution in [0.5, 0.6) is 5.75 Å². The SMILES string of the molecule is CC(C)(C)CCC(=O)NCc1ccccc1OCCO. The van der Waals surface area contributed by atoms with Crippen molar-refractivity contribution in [3.63, 3.8) is 0 Å². The summed E-state index contributed by atoms with van der Waals surface area (Å²) in [5.74, 6) is 0.759. The zero-order chi connectivity index (χ0) is 15.0. The molecule has 0 bridgehead atoms. The van der Waals surface area contributed by atoms with Crippen molar-refractivity contribution in [1.29, 1.82) is 0 Å². The minimum atomic E-state index is -0.0216. The van der Waals surface area contributed by atoms with Crippen LogP contribution in [0.4, 0.5) is 0 Å².